The zero-order valence-electron chi connectivity index (χ0n) is 15.6. The van der Waals surface area contributed by atoms with Crippen molar-refractivity contribution in [2.45, 2.75) is 42.2 Å². The first-order valence-electron chi connectivity index (χ1n) is 9.37. The van der Waals surface area contributed by atoms with Crippen LogP contribution in [0.15, 0.2) is 28.6 Å². The molecule has 2 aliphatic rings. The summed E-state index contributed by atoms with van der Waals surface area (Å²) in [7, 11) is -4.14. The van der Waals surface area contributed by atoms with E-state index in [1.165, 1.54) is 6.20 Å². The van der Waals surface area contributed by atoms with Gasteiger partial charge in [0.25, 0.3) is 10.0 Å². The summed E-state index contributed by atoms with van der Waals surface area (Å²) in [5, 5.41) is 14.7. The molecule has 2 aromatic rings. The van der Waals surface area contributed by atoms with Gasteiger partial charge in [-0.2, -0.15) is 0 Å². The molecule has 0 radical (unpaired) electrons. The minimum Gasteiger partial charge on any atom is -0.395 e. The normalized spacial score (nSPS) is 24.6. The number of halogens is 2. The number of nitrogens with one attached hydrogen (secondary N) is 2. The number of fused-ring (bicyclic) bond motifs is 1. The minimum absolute atomic E-state index is 0.0790. The Kier molecular flexibility index (Phi) is 5.73. The van der Waals surface area contributed by atoms with Gasteiger partial charge < -0.3 is 10.4 Å². The second kappa shape index (κ2) is 7.99. The van der Waals surface area contributed by atoms with Crippen LogP contribution in [0.2, 0.25) is 5.02 Å². The number of hydrogen-bond donors (Lipinski definition) is 3. The fraction of sp³-hybridized carbons (Fsp3) is 0.500. The standard InChI is InChI=1S/C18H22ClFN4O3S2/c19-13-8-16(29(26,27)23-17-21-5-7-28-17)14(20)9-15(13)22-11-18-3-1-6-24(18)12(10-25)2-4-18/h5,7-9,12,22,25H,1-4,6,10-11H2,(H,21,23)/t12-,18+/m0/s1. The van der Waals surface area contributed by atoms with Gasteiger partial charge in [-0.3, -0.25) is 9.62 Å². The lowest BCUT2D eigenvalue weighted by Gasteiger charge is -2.35. The summed E-state index contributed by atoms with van der Waals surface area (Å²) < 4.78 is 41.9. The molecule has 2 atom stereocenters. The van der Waals surface area contributed by atoms with Crippen LogP contribution in [0.1, 0.15) is 25.7 Å². The van der Waals surface area contributed by atoms with Crippen molar-refractivity contribution in [3.63, 3.8) is 0 Å². The summed E-state index contributed by atoms with van der Waals surface area (Å²) in [6.07, 6.45) is 5.39. The van der Waals surface area contributed by atoms with Gasteiger partial charge in [0.1, 0.15) is 10.7 Å². The van der Waals surface area contributed by atoms with Crippen LogP contribution in [0.3, 0.4) is 0 Å². The Hall–Kier alpha value is -1.46. The quantitative estimate of drug-likeness (QED) is 0.587. The molecular formula is C18H22ClFN4O3S2. The molecule has 3 N–H and O–H groups in total. The highest BCUT2D eigenvalue weighted by atomic mass is 35.5. The first-order valence-corrected chi connectivity index (χ1v) is 12.1. The number of aliphatic hydroxyl groups is 1. The van der Waals surface area contributed by atoms with E-state index < -0.39 is 20.7 Å². The third-order valence-corrected chi connectivity index (χ3v) is 8.30. The maximum Gasteiger partial charge on any atom is 0.266 e. The third-order valence-electron chi connectivity index (χ3n) is 5.82. The molecule has 1 aromatic carbocycles. The molecule has 2 saturated heterocycles. The maximum absolute atomic E-state index is 14.7. The molecule has 0 saturated carbocycles. The largest absolute Gasteiger partial charge is 0.395 e. The van der Waals surface area contributed by atoms with E-state index >= 15 is 0 Å². The van der Waals surface area contributed by atoms with Crippen molar-refractivity contribution in [2.75, 3.05) is 29.7 Å². The summed E-state index contributed by atoms with van der Waals surface area (Å²) in [4.78, 5) is 5.66. The smallest absolute Gasteiger partial charge is 0.266 e. The van der Waals surface area contributed by atoms with Crippen molar-refractivity contribution in [3.05, 3.63) is 34.5 Å². The number of anilines is 2. The van der Waals surface area contributed by atoms with Crippen molar-refractivity contribution < 1.29 is 17.9 Å². The zero-order valence-corrected chi connectivity index (χ0v) is 18.0. The van der Waals surface area contributed by atoms with Gasteiger partial charge >= 0.3 is 0 Å². The molecule has 0 spiro atoms. The molecule has 158 valence electrons. The summed E-state index contributed by atoms with van der Waals surface area (Å²) in [6, 6.07) is 2.40. The van der Waals surface area contributed by atoms with Crippen LogP contribution in [-0.2, 0) is 10.0 Å². The van der Waals surface area contributed by atoms with Crippen molar-refractivity contribution >= 4 is 43.8 Å². The maximum atomic E-state index is 14.7. The average molecular weight is 461 g/mol. The van der Waals surface area contributed by atoms with E-state index in [0.29, 0.717) is 12.2 Å². The van der Waals surface area contributed by atoms with E-state index in [4.69, 9.17) is 11.6 Å². The number of aliphatic hydroxyl groups excluding tert-OH is 1. The highest BCUT2D eigenvalue weighted by molar-refractivity contribution is 7.93. The third kappa shape index (κ3) is 3.96. The minimum atomic E-state index is -4.14. The Balaban J connectivity index is 1.52. The van der Waals surface area contributed by atoms with E-state index in [0.717, 1.165) is 55.7 Å². The second-order valence-corrected chi connectivity index (χ2v) is 10.4. The Morgan fingerprint density at radius 1 is 1.41 bits per heavy atom. The lowest BCUT2D eigenvalue weighted by Crippen LogP contribution is -2.48. The Bertz CT molecular complexity index is 989. The summed E-state index contributed by atoms with van der Waals surface area (Å²) in [6.45, 7) is 1.64. The number of benzene rings is 1. The molecule has 1 aromatic heterocycles. The lowest BCUT2D eigenvalue weighted by atomic mass is 9.94. The Morgan fingerprint density at radius 3 is 2.97 bits per heavy atom. The lowest BCUT2D eigenvalue weighted by molar-refractivity contribution is 0.113. The topological polar surface area (TPSA) is 94.6 Å². The van der Waals surface area contributed by atoms with E-state index in [1.54, 1.807) is 5.38 Å². The highest BCUT2D eigenvalue weighted by Gasteiger charge is 2.48. The number of nitrogens with zero attached hydrogens (tertiary/aromatic N) is 2. The molecule has 29 heavy (non-hydrogen) atoms. The van der Waals surface area contributed by atoms with Crippen molar-refractivity contribution in [2.24, 2.45) is 0 Å². The molecule has 0 amide bonds. The SMILES string of the molecule is O=S(=O)(Nc1nccs1)c1cc(Cl)c(NC[C@]23CCCN2[C@H](CO)CC3)cc1F. The highest BCUT2D eigenvalue weighted by Crippen LogP contribution is 2.42. The monoisotopic (exact) mass is 460 g/mol. The van der Waals surface area contributed by atoms with Crippen molar-refractivity contribution in [1.29, 1.82) is 0 Å². The summed E-state index contributed by atoms with van der Waals surface area (Å²) in [5.74, 6) is -0.888. The fourth-order valence-corrected chi connectivity index (χ4v) is 6.60. The van der Waals surface area contributed by atoms with Gasteiger partial charge in [-0.25, -0.2) is 17.8 Å². The molecule has 7 nitrogen and oxygen atoms in total. The van der Waals surface area contributed by atoms with E-state index in [2.05, 4.69) is 19.9 Å². The second-order valence-electron chi connectivity index (χ2n) is 7.46. The summed E-state index contributed by atoms with van der Waals surface area (Å²) in [5.41, 5.74) is 0.274. The number of aromatic nitrogens is 1. The number of rotatable bonds is 7. The molecule has 0 unspecified atom stereocenters. The fourth-order valence-electron chi connectivity index (χ4n) is 4.43. The van der Waals surface area contributed by atoms with Gasteiger partial charge in [0.15, 0.2) is 5.13 Å². The van der Waals surface area contributed by atoms with E-state index in [1.807, 2.05) is 0 Å². The summed E-state index contributed by atoms with van der Waals surface area (Å²) >= 11 is 7.38. The molecule has 0 bridgehead atoms. The van der Waals surface area contributed by atoms with Crippen molar-refractivity contribution in [3.8, 4) is 0 Å². The molecule has 4 rings (SSSR count). The Morgan fingerprint density at radius 2 is 2.24 bits per heavy atom. The van der Waals surface area contributed by atoms with Crippen LogP contribution in [0.4, 0.5) is 15.2 Å². The van der Waals surface area contributed by atoms with Crippen LogP contribution in [0.25, 0.3) is 0 Å². The van der Waals surface area contributed by atoms with Gasteiger partial charge in [0.05, 0.1) is 17.3 Å². The van der Waals surface area contributed by atoms with Crippen LogP contribution < -0.4 is 10.0 Å². The molecule has 11 heteroatoms. The van der Waals surface area contributed by atoms with Gasteiger partial charge in [0.2, 0.25) is 0 Å². The Labute approximate surface area is 178 Å². The first kappa shape index (κ1) is 20.8. The number of thiazole rings is 1. The predicted octanol–water partition coefficient (Wildman–Crippen LogP) is 3.14. The molecule has 2 aliphatic heterocycles. The predicted molar refractivity (Wildman–Crippen MR) is 112 cm³/mol. The van der Waals surface area contributed by atoms with Crippen LogP contribution in [0.5, 0.6) is 0 Å². The zero-order chi connectivity index (χ0) is 20.6. The van der Waals surface area contributed by atoms with E-state index in [-0.39, 0.29) is 28.3 Å². The molecular weight excluding hydrogens is 439 g/mol. The van der Waals surface area contributed by atoms with Gasteiger partial charge in [-0.1, -0.05) is 11.6 Å². The average Bonchev–Trinajstić information content (AvgIpc) is 3.38. The van der Waals surface area contributed by atoms with Crippen LogP contribution in [0, 0.1) is 5.82 Å². The van der Waals surface area contributed by atoms with Crippen LogP contribution in [-0.4, -0.2) is 54.7 Å². The van der Waals surface area contributed by atoms with Gasteiger partial charge in [-0.05, 0) is 44.4 Å². The van der Waals surface area contributed by atoms with Crippen LogP contribution >= 0.6 is 22.9 Å². The van der Waals surface area contributed by atoms with Gasteiger partial charge in [-0.15, -0.1) is 11.3 Å². The first-order chi connectivity index (χ1) is 13.8. The number of sulfonamides is 1. The molecule has 2 fully saturated rings. The van der Waals surface area contributed by atoms with Crippen molar-refractivity contribution in [1.82, 2.24) is 9.88 Å². The van der Waals surface area contributed by atoms with Gasteiger partial charge in [0, 0.05) is 29.7 Å². The molecule has 0 aliphatic carbocycles. The number of hydrogen-bond acceptors (Lipinski definition) is 7. The van der Waals surface area contributed by atoms with E-state index in [9.17, 15) is 17.9 Å². The molecule has 3 heterocycles.